The molecule has 8 aromatic carbocycles. The minimum absolute atomic E-state index is 1.01. The summed E-state index contributed by atoms with van der Waals surface area (Å²) in [6.07, 6.45) is 2.19. The molecule has 0 spiro atoms. The van der Waals surface area contributed by atoms with Gasteiger partial charge in [-0.3, -0.25) is 0 Å². The van der Waals surface area contributed by atoms with E-state index in [-0.39, 0.29) is 0 Å². The van der Waals surface area contributed by atoms with Gasteiger partial charge in [-0.2, -0.15) is 4.68 Å². The van der Waals surface area contributed by atoms with Gasteiger partial charge in [-0.05, 0) is 126 Å². The molecule has 248 valence electrons. The zero-order valence-electron chi connectivity index (χ0n) is 29.7. The van der Waals surface area contributed by atoms with E-state index in [2.05, 4.69) is 194 Å². The first-order chi connectivity index (χ1) is 25.4. The molecule has 0 aliphatic rings. The van der Waals surface area contributed by atoms with Crippen LogP contribution in [-0.4, -0.2) is 14.2 Å². The lowest BCUT2D eigenvalue weighted by atomic mass is 9.84. The molecule has 10 aromatic rings. The highest BCUT2D eigenvalue weighted by Gasteiger charge is 2.20. The van der Waals surface area contributed by atoms with Crippen LogP contribution in [0, 0.1) is 6.92 Å². The monoisotopic (exact) mass is 669 g/mol. The third-order valence-electron chi connectivity index (χ3n) is 11.2. The normalized spacial score (nSPS) is 11.8. The molecule has 0 unspecified atom stereocenters. The molecule has 0 N–H and O–H groups in total. The fourth-order valence-electron chi connectivity index (χ4n) is 8.31. The number of imidazole rings is 1. The van der Waals surface area contributed by atoms with Crippen molar-refractivity contribution in [2.24, 2.45) is 21.1 Å². The van der Waals surface area contributed by atoms with Crippen LogP contribution in [0.25, 0.3) is 98.8 Å². The Hall–Kier alpha value is -6.52. The van der Waals surface area contributed by atoms with Crippen molar-refractivity contribution in [3.63, 3.8) is 0 Å². The van der Waals surface area contributed by atoms with Crippen LogP contribution in [0.2, 0.25) is 0 Å². The predicted octanol–water partition coefficient (Wildman–Crippen LogP) is 11.3. The molecule has 2 heterocycles. The fourth-order valence-corrected chi connectivity index (χ4v) is 8.31. The van der Waals surface area contributed by atoms with Gasteiger partial charge in [0.2, 0.25) is 6.20 Å². The third-order valence-corrected chi connectivity index (χ3v) is 11.2. The van der Waals surface area contributed by atoms with E-state index in [0.29, 0.717) is 0 Å². The molecular weight excluding hydrogens is 633 g/mol. The zero-order chi connectivity index (χ0) is 35.1. The van der Waals surface area contributed by atoms with E-state index in [9.17, 15) is 0 Å². The van der Waals surface area contributed by atoms with Gasteiger partial charge >= 0.3 is 0 Å². The fraction of sp³-hybridized carbons (Fsp3) is 0.0833. The summed E-state index contributed by atoms with van der Waals surface area (Å²) in [5.41, 5.74) is 13.1. The van der Waals surface area contributed by atoms with Gasteiger partial charge in [0.25, 0.3) is 0 Å². The molecule has 4 heteroatoms. The zero-order valence-corrected chi connectivity index (χ0v) is 29.7. The maximum absolute atomic E-state index is 4.80. The maximum Gasteiger partial charge on any atom is 0.203 e. The standard InChI is InChI=1S/C48H37N4/c1-30-49-45-23-22-34(27-47(45)51(30)3)38-17-11-19-41-43(38)28-42-37(33-20-21-35-29-50(2)52(4)46(35)26-33)16-10-18-40(42)48(41)44-25-36(31-12-6-5-7-13-31)24-32-14-8-9-15-39(32)44/h5-29H,1-4H3/q+1. The molecular formula is C48H37N4+. The summed E-state index contributed by atoms with van der Waals surface area (Å²) < 4.78 is 6.53. The number of fused-ring (bicyclic) bond motifs is 5. The molecule has 10 rings (SSSR count). The van der Waals surface area contributed by atoms with Crippen LogP contribution >= 0.6 is 0 Å². The SMILES string of the molecule is Cc1nc2ccc(-c3cccc4c(-c5cc(-c6ccccc6)cc6ccccc56)c5cccc(-c6ccc7c[n+](C)n(C)c7c6)c5cc34)cc2n1C. The van der Waals surface area contributed by atoms with E-state index < -0.39 is 0 Å². The minimum atomic E-state index is 1.01. The van der Waals surface area contributed by atoms with Gasteiger partial charge < -0.3 is 4.57 Å². The van der Waals surface area contributed by atoms with Gasteiger partial charge in [-0.15, -0.1) is 4.68 Å². The largest absolute Gasteiger partial charge is 0.331 e. The molecule has 0 amide bonds. The molecule has 0 bridgehead atoms. The van der Waals surface area contributed by atoms with Gasteiger partial charge in [0.15, 0.2) is 7.05 Å². The Bertz CT molecular complexity index is 2910. The highest BCUT2D eigenvalue weighted by Crippen LogP contribution is 2.46. The van der Waals surface area contributed by atoms with Gasteiger partial charge in [0, 0.05) is 7.05 Å². The molecule has 52 heavy (non-hydrogen) atoms. The van der Waals surface area contributed by atoms with Crippen LogP contribution in [0.3, 0.4) is 0 Å². The predicted molar refractivity (Wildman–Crippen MR) is 217 cm³/mol. The van der Waals surface area contributed by atoms with E-state index in [1.807, 2.05) is 0 Å². The Morgan fingerprint density at radius 3 is 1.88 bits per heavy atom. The van der Waals surface area contributed by atoms with Crippen LogP contribution in [-0.2, 0) is 21.1 Å². The van der Waals surface area contributed by atoms with E-state index in [1.54, 1.807) is 0 Å². The first kappa shape index (κ1) is 30.3. The minimum Gasteiger partial charge on any atom is -0.331 e. The Morgan fingerprint density at radius 1 is 0.481 bits per heavy atom. The number of aryl methyl sites for hydroxylation is 4. The maximum atomic E-state index is 4.80. The number of hydrogen-bond donors (Lipinski definition) is 0. The van der Waals surface area contributed by atoms with Crippen molar-refractivity contribution in [1.82, 2.24) is 14.2 Å². The van der Waals surface area contributed by atoms with Gasteiger partial charge in [0.1, 0.15) is 11.3 Å². The van der Waals surface area contributed by atoms with E-state index in [1.165, 1.54) is 87.7 Å². The van der Waals surface area contributed by atoms with Crippen molar-refractivity contribution in [2.45, 2.75) is 6.92 Å². The molecule has 0 fully saturated rings. The summed E-state index contributed by atoms with van der Waals surface area (Å²) in [5.74, 6) is 1.01. The smallest absolute Gasteiger partial charge is 0.203 e. The lowest BCUT2D eigenvalue weighted by Gasteiger charge is -2.19. The van der Waals surface area contributed by atoms with Gasteiger partial charge in [0.05, 0.1) is 23.5 Å². The summed E-state index contributed by atoms with van der Waals surface area (Å²) in [4.78, 5) is 4.80. The van der Waals surface area contributed by atoms with Crippen molar-refractivity contribution in [1.29, 1.82) is 0 Å². The van der Waals surface area contributed by atoms with E-state index in [0.717, 1.165) is 16.9 Å². The van der Waals surface area contributed by atoms with E-state index >= 15 is 0 Å². The average molecular weight is 670 g/mol. The Morgan fingerprint density at radius 2 is 1.13 bits per heavy atom. The summed E-state index contributed by atoms with van der Waals surface area (Å²) >= 11 is 0. The summed E-state index contributed by atoms with van der Waals surface area (Å²) in [5, 5.41) is 8.66. The van der Waals surface area contributed by atoms with E-state index in [4.69, 9.17) is 4.98 Å². The van der Waals surface area contributed by atoms with Gasteiger partial charge in [-0.25, -0.2) is 4.98 Å². The first-order valence-electron chi connectivity index (χ1n) is 17.9. The molecule has 0 aliphatic heterocycles. The highest BCUT2D eigenvalue weighted by molar-refractivity contribution is 6.22. The number of aromatic nitrogens is 4. The average Bonchev–Trinajstić information content (AvgIpc) is 3.64. The Kier molecular flexibility index (Phi) is 6.71. The number of nitrogens with zero attached hydrogens (tertiary/aromatic N) is 4. The summed E-state index contributed by atoms with van der Waals surface area (Å²) in [7, 11) is 6.32. The highest BCUT2D eigenvalue weighted by atomic mass is 15.4. The molecule has 0 atom stereocenters. The van der Waals surface area contributed by atoms with Crippen LogP contribution in [0.5, 0.6) is 0 Å². The molecule has 0 aliphatic carbocycles. The van der Waals surface area contributed by atoms with Crippen molar-refractivity contribution in [3.8, 4) is 44.5 Å². The van der Waals surface area contributed by atoms with Crippen LogP contribution in [0.1, 0.15) is 5.82 Å². The lowest BCUT2D eigenvalue weighted by Crippen LogP contribution is -2.35. The second kappa shape index (κ2) is 11.5. The first-order valence-corrected chi connectivity index (χ1v) is 17.9. The van der Waals surface area contributed by atoms with Crippen molar-refractivity contribution < 1.29 is 4.68 Å². The number of hydrogen-bond acceptors (Lipinski definition) is 1. The third kappa shape index (κ3) is 4.61. The van der Waals surface area contributed by atoms with Gasteiger partial charge in [-0.1, -0.05) is 103 Å². The Balaban J connectivity index is 1.34. The summed E-state index contributed by atoms with van der Waals surface area (Å²) in [6.45, 7) is 2.07. The molecule has 4 nitrogen and oxygen atoms in total. The van der Waals surface area contributed by atoms with Crippen molar-refractivity contribution in [2.75, 3.05) is 0 Å². The topological polar surface area (TPSA) is 26.6 Å². The number of rotatable bonds is 4. The molecule has 0 radical (unpaired) electrons. The molecule has 0 saturated heterocycles. The van der Waals surface area contributed by atoms with Crippen LogP contribution in [0.4, 0.5) is 0 Å². The Labute approximate surface area is 302 Å². The molecule has 2 aromatic heterocycles. The second-order valence-electron chi connectivity index (χ2n) is 14.1. The van der Waals surface area contributed by atoms with Crippen molar-refractivity contribution in [3.05, 3.63) is 158 Å². The quantitative estimate of drug-likeness (QED) is 0.135. The summed E-state index contributed by atoms with van der Waals surface area (Å²) in [6, 6.07) is 54.0. The van der Waals surface area contributed by atoms with Crippen molar-refractivity contribution >= 4 is 54.3 Å². The second-order valence-corrected chi connectivity index (χ2v) is 14.1. The molecule has 0 saturated carbocycles. The van der Waals surface area contributed by atoms with Crippen LogP contribution in [0.15, 0.2) is 152 Å². The number of benzene rings is 8. The lowest BCUT2D eigenvalue weighted by molar-refractivity contribution is -0.748. The van der Waals surface area contributed by atoms with Crippen LogP contribution < -0.4 is 4.68 Å².